The molecule has 1 aliphatic heterocycles. The van der Waals surface area contributed by atoms with Crippen LogP contribution in [-0.4, -0.2) is 99.6 Å². The number of rotatable bonds is 52. The molecular formula is C65H115NO10. The molecule has 0 spiro atoms. The summed E-state index contributed by atoms with van der Waals surface area (Å²) in [5, 5.41) is 56.9. The Morgan fingerprint density at radius 2 is 0.908 bits per heavy atom. The van der Waals surface area contributed by atoms with Gasteiger partial charge < -0.3 is 45.1 Å². The van der Waals surface area contributed by atoms with Crippen molar-refractivity contribution >= 4 is 11.9 Å². The lowest BCUT2D eigenvalue weighted by Crippen LogP contribution is -2.61. The zero-order chi connectivity index (χ0) is 55.4. The van der Waals surface area contributed by atoms with Gasteiger partial charge in [0, 0.05) is 6.42 Å². The molecule has 0 radical (unpaired) electrons. The molecule has 1 saturated heterocycles. The van der Waals surface area contributed by atoms with Crippen LogP contribution in [0.3, 0.4) is 0 Å². The molecule has 11 heteroatoms. The second-order valence-electron chi connectivity index (χ2n) is 21.4. The molecule has 11 nitrogen and oxygen atoms in total. The Hall–Kier alpha value is -2.90. The number of allylic oxidation sites excluding steroid dienone is 11. The minimum absolute atomic E-state index is 0.0999. The fraction of sp³-hybridized carbons (Fsp3) is 0.785. The van der Waals surface area contributed by atoms with Gasteiger partial charge in [-0.3, -0.25) is 9.59 Å². The SMILES string of the molecule is CCCCC/C=C\C/C=C\C/C=C\C/C=C\CCCCCCCC(=O)OC1C(OCC(NC(=O)C(O)CCCCCCCC/C=C\CCCCCC)C(O)/C=C/CCCCCCCCCCCC)OC(CO)C(O)C1O. The van der Waals surface area contributed by atoms with Gasteiger partial charge in [-0.05, 0) is 96.3 Å². The van der Waals surface area contributed by atoms with Crippen molar-refractivity contribution in [3.05, 3.63) is 72.9 Å². The molecule has 1 amide bonds. The number of carbonyl (C=O) groups excluding carboxylic acids is 2. The van der Waals surface area contributed by atoms with Gasteiger partial charge in [0.25, 0.3) is 0 Å². The van der Waals surface area contributed by atoms with Crippen LogP contribution in [0, 0.1) is 0 Å². The first-order chi connectivity index (χ1) is 37.2. The number of aliphatic hydroxyl groups is 5. The summed E-state index contributed by atoms with van der Waals surface area (Å²) < 4.78 is 17.6. The maximum Gasteiger partial charge on any atom is 0.306 e. The number of aliphatic hydroxyl groups excluding tert-OH is 5. The highest BCUT2D eigenvalue weighted by Crippen LogP contribution is 2.26. The van der Waals surface area contributed by atoms with Gasteiger partial charge in [0.05, 0.1) is 25.4 Å². The molecule has 8 atom stereocenters. The standard InChI is InChI=1S/C65H115NO10/c1-4-7-10-13-16-19-22-25-27-28-29-30-31-32-33-35-38-41-44-47-50-53-60(70)76-63-62(72)61(71)59(54-67)75-65(63)74-55-56(57(68)51-48-45-42-39-36-24-21-18-15-12-9-6-3)66-64(73)58(69)52-49-46-43-40-37-34-26-23-20-17-14-11-8-5-2/h16,19-20,23,25,27,29-30,32-33,48,51,56-59,61-63,65,67-69,71-72H,4-15,17-18,21-22,24,26,28,31,34-47,49-50,52-55H2,1-3H3,(H,66,73)/b19-16-,23-20-,27-25-,30-29-,33-32-,51-48+. The molecule has 1 aliphatic rings. The molecule has 0 aromatic rings. The van der Waals surface area contributed by atoms with Gasteiger partial charge in [-0.2, -0.15) is 0 Å². The molecule has 0 saturated carbocycles. The van der Waals surface area contributed by atoms with Gasteiger partial charge in [0.2, 0.25) is 5.91 Å². The predicted octanol–water partition coefficient (Wildman–Crippen LogP) is 14.8. The number of nitrogens with one attached hydrogen (secondary N) is 1. The van der Waals surface area contributed by atoms with E-state index in [0.29, 0.717) is 12.8 Å². The van der Waals surface area contributed by atoms with Crippen LogP contribution >= 0.6 is 0 Å². The number of unbranched alkanes of at least 4 members (excludes halogenated alkanes) is 28. The molecule has 1 rings (SSSR count). The van der Waals surface area contributed by atoms with E-state index in [2.05, 4.69) is 86.8 Å². The monoisotopic (exact) mass is 1070 g/mol. The van der Waals surface area contributed by atoms with Crippen LogP contribution in [0.15, 0.2) is 72.9 Å². The Balaban J connectivity index is 2.69. The van der Waals surface area contributed by atoms with Gasteiger partial charge in [-0.15, -0.1) is 0 Å². The molecule has 76 heavy (non-hydrogen) atoms. The van der Waals surface area contributed by atoms with Gasteiger partial charge in [-0.25, -0.2) is 0 Å². The smallest absolute Gasteiger partial charge is 0.306 e. The summed E-state index contributed by atoms with van der Waals surface area (Å²) >= 11 is 0. The summed E-state index contributed by atoms with van der Waals surface area (Å²) in [4.78, 5) is 26.5. The molecule has 6 N–H and O–H groups in total. The molecule has 1 heterocycles. The predicted molar refractivity (Wildman–Crippen MR) is 315 cm³/mol. The Labute approximate surface area is 464 Å². The number of esters is 1. The lowest BCUT2D eigenvalue weighted by Gasteiger charge is -2.41. The van der Waals surface area contributed by atoms with Crippen molar-refractivity contribution in [1.29, 1.82) is 0 Å². The first kappa shape index (κ1) is 71.1. The highest BCUT2D eigenvalue weighted by atomic mass is 16.7. The average molecular weight is 1070 g/mol. The largest absolute Gasteiger partial charge is 0.454 e. The van der Waals surface area contributed by atoms with E-state index < -0.39 is 67.4 Å². The summed E-state index contributed by atoms with van der Waals surface area (Å²) in [5.41, 5.74) is 0. The van der Waals surface area contributed by atoms with E-state index in [1.807, 2.05) is 6.08 Å². The van der Waals surface area contributed by atoms with E-state index in [1.165, 1.54) is 116 Å². The molecule has 0 bridgehead atoms. The zero-order valence-electron chi connectivity index (χ0n) is 48.6. The van der Waals surface area contributed by atoms with E-state index in [0.717, 1.165) is 103 Å². The second-order valence-corrected chi connectivity index (χ2v) is 21.4. The highest BCUT2D eigenvalue weighted by molar-refractivity contribution is 5.80. The quantitative estimate of drug-likeness (QED) is 0.0195. The van der Waals surface area contributed by atoms with Crippen molar-refractivity contribution in [3.63, 3.8) is 0 Å². The Bertz CT molecular complexity index is 1510. The van der Waals surface area contributed by atoms with Crippen molar-refractivity contribution in [2.75, 3.05) is 13.2 Å². The summed E-state index contributed by atoms with van der Waals surface area (Å²) in [6.07, 6.45) is 56.4. The van der Waals surface area contributed by atoms with Crippen molar-refractivity contribution in [2.45, 2.75) is 314 Å². The number of ether oxygens (including phenoxy) is 3. The Morgan fingerprint density at radius 3 is 1.41 bits per heavy atom. The number of hydrogen-bond acceptors (Lipinski definition) is 10. The lowest BCUT2D eigenvalue weighted by atomic mass is 9.99. The topological polar surface area (TPSA) is 175 Å². The van der Waals surface area contributed by atoms with Gasteiger partial charge in [0.15, 0.2) is 12.4 Å². The summed E-state index contributed by atoms with van der Waals surface area (Å²) in [6.45, 7) is 5.73. The first-order valence-corrected chi connectivity index (χ1v) is 31.2. The molecule has 1 fully saturated rings. The van der Waals surface area contributed by atoms with Crippen LogP contribution in [0.2, 0.25) is 0 Å². The Morgan fingerprint density at radius 1 is 0.513 bits per heavy atom. The van der Waals surface area contributed by atoms with E-state index in [-0.39, 0.29) is 19.4 Å². The van der Waals surface area contributed by atoms with Crippen LogP contribution in [0.4, 0.5) is 0 Å². The fourth-order valence-electron chi connectivity index (χ4n) is 9.33. The van der Waals surface area contributed by atoms with Crippen LogP contribution < -0.4 is 5.32 Å². The van der Waals surface area contributed by atoms with Crippen molar-refractivity contribution in [2.24, 2.45) is 0 Å². The van der Waals surface area contributed by atoms with E-state index in [1.54, 1.807) is 6.08 Å². The van der Waals surface area contributed by atoms with Crippen molar-refractivity contribution in [1.82, 2.24) is 5.32 Å². The van der Waals surface area contributed by atoms with Gasteiger partial charge >= 0.3 is 5.97 Å². The van der Waals surface area contributed by atoms with Crippen LogP contribution in [0.5, 0.6) is 0 Å². The number of hydrogen-bond donors (Lipinski definition) is 6. The first-order valence-electron chi connectivity index (χ1n) is 31.2. The minimum atomic E-state index is -1.62. The van der Waals surface area contributed by atoms with Crippen LogP contribution in [-0.2, 0) is 23.8 Å². The molecular weight excluding hydrogens is 955 g/mol. The second kappa shape index (κ2) is 52.8. The zero-order valence-corrected chi connectivity index (χ0v) is 48.6. The van der Waals surface area contributed by atoms with E-state index in [4.69, 9.17) is 14.2 Å². The third-order valence-corrected chi connectivity index (χ3v) is 14.3. The minimum Gasteiger partial charge on any atom is -0.454 e. The normalized spacial score (nSPS) is 19.6. The maximum absolute atomic E-state index is 13.4. The highest BCUT2D eigenvalue weighted by Gasteiger charge is 2.47. The summed E-state index contributed by atoms with van der Waals surface area (Å²) in [5.74, 6) is -1.22. The average Bonchev–Trinajstić information content (AvgIpc) is 3.42. The third-order valence-electron chi connectivity index (χ3n) is 14.3. The maximum atomic E-state index is 13.4. The third kappa shape index (κ3) is 40.3. The van der Waals surface area contributed by atoms with Gasteiger partial charge in [-0.1, -0.05) is 235 Å². The van der Waals surface area contributed by atoms with E-state index >= 15 is 0 Å². The van der Waals surface area contributed by atoms with Gasteiger partial charge in [0.1, 0.15) is 24.4 Å². The van der Waals surface area contributed by atoms with E-state index in [9.17, 15) is 35.1 Å². The van der Waals surface area contributed by atoms with Crippen molar-refractivity contribution < 1.29 is 49.3 Å². The fourth-order valence-corrected chi connectivity index (χ4v) is 9.33. The van der Waals surface area contributed by atoms with Crippen LogP contribution in [0.25, 0.3) is 0 Å². The summed E-state index contributed by atoms with van der Waals surface area (Å²) in [6, 6.07) is -1.03. The molecule has 440 valence electrons. The number of amides is 1. The number of carbonyl (C=O) groups is 2. The molecule has 8 unspecified atom stereocenters. The molecule has 0 aromatic heterocycles. The lowest BCUT2D eigenvalue weighted by molar-refractivity contribution is -0.305. The van der Waals surface area contributed by atoms with Crippen LogP contribution in [0.1, 0.15) is 265 Å². The summed E-state index contributed by atoms with van der Waals surface area (Å²) in [7, 11) is 0. The van der Waals surface area contributed by atoms with Crippen molar-refractivity contribution in [3.8, 4) is 0 Å². The molecule has 0 aromatic carbocycles. The Kier molecular flexibility index (Phi) is 49.4. The molecule has 0 aliphatic carbocycles.